The van der Waals surface area contributed by atoms with Crippen LogP contribution in [-0.2, 0) is 17.8 Å². The summed E-state index contributed by atoms with van der Waals surface area (Å²) in [6, 6.07) is 6.68. The van der Waals surface area contributed by atoms with Gasteiger partial charge in [-0.3, -0.25) is 9.48 Å². The number of fused-ring (bicyclic) bond motifs is 1. The summed E-state index contributed by atoms with van der Waals surface area (Å²) in [5.74, 6) is -3.03. The van der Waals surface area contributed by atoms with Crippen molar-refractivity contribution in [2.75, 3.05) is 19.6 Å². The van der Waals surface area contributed by atoms with Gasteiger partial charge in [-0.1, -0.05) is 0 Å². The van der Waals surface area contributed by atoms with Crippen molar-refractivity contribution in [3.8, 4) is 5.69 Å². The Morgan fingerprint density at radius 3 is 2.53 bits per heavy atom. The summed E-state index contributed by atoms with van der Waals surface area (Å²) in [5, 5.41) is 14.9. The van der Waals surface area contributed by atoms with Crippen molar-refractivity contribution in [3.05, 3.63) is 65.8 Å². The first-order chi connectivity index (χ1) is 17.1. The quantitative estimate of drug-likeness (QED) is 0.527. The van der Waals surface area contributed by atoms with Gasteiger partial charge in [-0.15, -0.1) is 0 Å². The van der Waals surface area contributed by atoms with E-state index in [1.807, 2.05) is 20.3 Å². The second-order valence-electron chi connectivity index (χ2n) is 8.47. The molecule has 4 heterocycles. The number of nitrogens with one attached hydrogen (secondary N) is 1. The molecular weight excluding hydrogens is 484 g/mol. The van der Waals surface area contributed by atoms with Crippen molar-refractivity contribution in [2.45, 2.75) is 38.0 Å². The molecule has 3 aromatic rings. The van der Waals surface area contributed by atoms with Crippen LogP contribution < -0.4 is 5.32 Å². The molecule has 1 aromatic carbocycles. The average molecular weight is 508 g/mol. The molecular formula is C23H24F4N6O3. The number of carboxylic acid groups (broad SMARTS) is 1. The molecule has 0 bridgehead atoms. The zero-order valence-electron chi connectivity index (χ0n) is 19.1. The molecule has 5 rings (SSSR count). The Balaban J connectivity index is 0.000000384. The minimum atomic E-state index is -5.08. The Morgan fingerprint density at radius 2 is 1.89 bits per heavy atom. The highest BCUT2D eigenvalue weighted by Gasteiger charge is 2.38. The largest absolute Gasteiger partial charge is 0.490 e. The van der Waals surface area contributed by atoms with Crippen molar-refractivity contribution in [1.82, 2.24) is 29.5 Å². The molecule has 13 heteroatoms. The fourth-order valence-electron chi connectivity index (χ4n) is 4.20. The molecule has 2 aliphatic rings. The second kappa shape index (κ2) is 10.5. The number of imidazole rings is 1. The Bertz CT molecular complexity index is 1220. The van der Waals surface area contributed by atoms with Gasteiger partial charge >= 0.3 is 12.1 Å². The zero-order chi connectivity index (χ0) is 25.9. The Hall–Kier alpha value is -3.74. The summed E-state index contributed by atoms with van der Waals surface area (Å²) >= 11 is 0. The van der Waals surface area contributed by atoms with Gasteiger partial charge in [-0.25, -0.2) is 14.2 Å². The molecule has 1 atom stereocenters. The van der Waals surface area contributed by atoms with Crippen molar-refractivity contribution in [1.29, 1.82) is 0 Å². The minimum absolute atomic E-state index is 0.0120. The Kier molecular flexibility index (Phi) is 7.38. The first kappa shape index (κ1) is 25.4. The van der Waals surface area contributed by atoms with Crippen LogP contribution in [0.1, 0.15) is 40.6 Å². The average Bonchev–Trinajstić information content (AvgIpc) is 3.52. The maximum Gasteiger partial charge on any atom is 0.490 e. The van der Waals surface area contributed by atoms with E-state index in [2.05, 4.69) is 15.4 Å². The van der Waals surface area contributed by atoms with Crippen LogP contribution in [0.25, 0.3) is 5.69 Å². The number of amides is 1. The maximum atomic E-state index is 13.2. The van der Waals surface area contributed by atoms with Crippen LogP contribution in [0.5, 0.6) is 0 Å². The van der Waals surface area contributed by atoms with Gasteiger partial charge in [0.25, 0.3) is 5.91 Å². The first-order valence-electron chi connectivity index (χ1n) is 11.3. The van der Waals surface area contributed by atoms with Crippen LogP contribution in [0, 0.1) is 5.82 Å². The van der Waals surface area contributed by atoms with Crippen LogP contribution in [0.2, 0.25) is 0 Å². The van der Waals surface area contributed by atoms with Crippen LogP contribution in [0.4, 0.5) is 17.6 Å². The third-order valence-electron chi connectivity index (χ3n) is 6.04. The predicted molar refractivity (Wildman–Crippen MR) is 119 cm³/mol. The lowest BCUT2D eigenvalue weighted by Crippen LogP contribution is -2.36. The molecule has 1 unspecified atom stereocenters. The summed E-state index contributed by atoms with van der Waals surface area (Å²) in [7, 11) is 0. The van der Waals surface area contributed by atoms with E-state index in [9.17, 15) is 22.4 Å². The topological polar surface area (TPSA) is 105 Å². The zero-order valence-corrected chi connectivity index (χ0v) is 19.1. The maximum absolute atomic E-state index is 13.2. The number of aromatic nitrogens is 4. The van der Waals surface area contributed by atoms with E-state index in [1.165, 1.54) is 12.1 Å². The summed E-state index contributed by atoms with van der Waals surface area (Å²) in [6.07, 6.45) is 3.12. The Labute approximate surface area is 203 Å². The van der Waals surface area contributed by atoms with E-state index in [0.29, 0.717) is 31.1 Å². The number of carbonyl (C=O) groups is 2. The van der Waals surface area contributed by atoms with E-state index in [4.69, 9.17) is 9.90 Å². The van der Waals surface area contributed by atoms with Gasteiger partial charge in [0.05, 0.1) is 36.4 Å². The number of aliphatic carboxylic acids is 1. The monoisotopic (exact) mass is 508 g/mol. The lowest BCUT2D eigenvalue weighted by atomic mass is 10.1. The summed E-state index contributed by atoms with van der Waals surface area (Å²) < 4.78 is 48.8. The number of piperidine rings is 1. The highest BCUT2D eigenvalue weighted by Crippen LogP contribution is 2.23. The fraction of sp³-hybridized carbons (Fsp3) is 0.391. The SMILES string of the molecule is O=C(O)C(F)(F)F.O=C(c1cnn(C2CCCNC2)c1)N1CCc2c(ncn2-c2ccc(F)cc2)C1. The van der Waals surface area contributed by atoms with Gasteiger partial charge in [0, 0.05) is 37.1 Å². The van der Waals surface area contributed by atoms with Crippen LogP contribution in [-0.4, -0.2) is 67.0 Å². The number of alkyl halides is 3. The van der Waals surface area contributed by atoms with Crippen molar-refractivity contribution >= 4 is 11.9 Å². The third-order valence-corrected chi connectivity index (χ3v) is 6.04. The molecule has 2 aromatic heterocycles. The third kappa shape index (κ3) is 5.73. The number of rotatable bonds is 3. The van der Waals surface area contributed by atoms with Crippen LogP contribution in [0.15, 0.2) is 43.0 Å². The van der Waals surface area contributed by atoms with Gasteiger partial charge in [0.1, 0.15) is 5.82 Å². The molecule has 2 aliphatic heterocycles. The van der Waals surface area contributed by atoms with Crippen molar-refractivity contribution < 1.29 is 32.3 Å². The highest BCUT2D eigenvalue weighted by atomic mass is 19.4. The lowest BCUT2D eigenvalue weighted by Gasteiger charge is -2.27. The van der Waals surface area contributed by atoms with E-state index < -0.39 is 12.1 Å². The number of hydrogen-bond donors (Lipinski definition) is 2. The smallest absolute Gasteiger partial charge is 0.475 e. The van der Waals surface area contributed by atoms with Crippen molar-refractivity contribution in [3.63, 3.8) is 0 Å². The molecule has 192 valence electrons. The molecule has 1 amide bonds. The van der Waals surface area contributed by atoms with Gasteiger partial charge in [-0.05, 0) is 43.7 Å². The number of halogens is 4. The van der Waals surface area contributed by atoms with Crippen LogP contribution >= 0.6 is 0 Å². The molecule has 0 saturated carbocycles. The fourth-order valence-corrected chi connectivity index (χ4v) is 4.20. The molecule has 2 N–H and O–H groups in total. The molecule has 0 aliphatic carbocycles. The summed E-state index contributed by atoms with van der Waals surface area (Å²) in [6.45, 7) is 3.03. The van der Waals surface area contributed by atoms with Gasteiger partial charge < -0.3 is 19.9 Å². The first-order valence-corrected chi connectivity index (χ1v) is 11.3. The number of carboxylic acids is 1. The van der Waals surface area contributed by atoms with E-state index >= 15 is 0 Å². The Morgan fingerprint density at radius 1 is 1.17 bits per heavy atom. The molecule has 1 fully saturated rings. The van der Waals surface area contributed by atoms with Gasteiger partial charge in [-0.2, -0.15) is 18.3 Å². The lowest BCUT2D eigenvalue weighted by molar-refractivity contribution is -0.192. The van der Waals surface area contributed by atoms with E-state index in [0.717, 1.165) is 43.0 Å². The van der Waals surface area contributed by atoms with Crippen molar-refractivity contribution in [2.24, 2.45) is 0 Å². The highest BCUT2D eigenvalue weighted by molar-refractivity contribution is 5.93. The number of nitrogens with zero attached hydrogens (tertiary/aromatic N) is 5. The summed E-state index contributed by atoms with van der Waals surface area (Å²) in [4.78, 5) is 28.2. The standard InChI is InChI=1S/C21H23FN6O.C2HF3O2/c22-16-3-5-17(6-4-16)27-14-24-19-13-26(9-7-20(19)27)21(29)15-10-25-28(12-15)18-2-1-8-23-11-18;3-2(4,5)1(6)7/h3-6,10,12,14,18,23H,1-2,7-9,11,13H2;(H,6,7). The predicted octanol–water partition coefficient (Wildman–Crippen LogP) is 2.96. The van der Waals surface area contributed by atoms with E-state index in [-0.39, 0.29) is 11.7 Å². The van der Waals surface area contributed by atoms with Crippen LogP contribution in [0.3, 0.4) is 0 Å². The minimum Gasteiger partial charge on any atom is -0.475 e. The van der Waals surface area contributed by atoms with Gasteiger partial charge in [0.15, 0.2) is 0 Å². The van der Waals surface area contributed by atoms with E-state index in [1.54, 1.807) is 24.7 Å². The molecule has 0 spiro atoms. The number of hydrogen-bond acceptors (Lipinski definition) is 5. The normalized spacial score (nSPS) is 17.7. The number of carbonyl (C=O) groups excluding carboxylic acids is 1. The molecule has 0 radical (unpaired) electrons. The van der Waals surface area contributed by atoms with Gasteiger partial charge in [0.2, 0.25) is 0 Å². The second-order valence-corrected chi connectivity index (χ2v) is 8.47. The summed E-state index contributed by atoms with van der Waals surface area (Å²) in [5.41, 5.74) is 3.46. The number of benzene rings is 1. The molecule has 1 saturated heterocycles. The molecule has 9 nitrogen and oxygen atoms in total. The molecule has 36 heavy (non-hydrogen) atoms.